The van der Waals surface area contributed by atoms with Gasteiger partial charge in [0.1, 0.15) is 13.2 Å². The second-order valence-electron chi connectivity index (χ2n) is 18.5. The summed E-state index contributed by atoms with van der Waals surface area (Å²) >= 11 is 0. The van der Waals surface area contributed by atoms with Crippen LogP contribution in [0.3, 0.4) is 0 Å². The predicted octanol–water partition coefficient (Wildman–Crippen LogP) is 15.6. The molecule has 0 heterocycles. The molecule has 0 spiro atoms. The van der Waals surface area contributed by atoms with Gasteiger partial charge in [0, 0.05) is 19.3 Å². The highest BCUT2D eigenvalue weighted by Gasteiger charge is 2.19. The topological polar surface area (TPSA) is 78.9 Å². The minimum absolute atomic E-state index is 0.0656. The van der Waals surface area contributed by atoms with E-state index in [9.17, 15) is 14.4 Å². The number of rotatable bonds is 43. The number of carbonyl (C=O) groups is 3. The molecule has 0 saturated heterocycles. The van der Waals surface area contributed by atoms with Crippen molar-refractivity contribution in [3.63, 3.8) is 0 Å². The van der Waals surface area contributed by atoms with Crippen molar-refractivity contribution in [2.45, 2.75) is 272 Å². The summed E-state index contributed by atoms with van der Waals surface area (Å²) in [5.41, 5.74) is 0. The molecule has 0 aromatic carbocycles. The van der Waals surface area contributed by atoms with E-state index in [0.717, 1.165) is 75.5 Å². The van der Waals surface area contributed by atoms with Gasteiger partial charge in [0.05, 0.1) is 0 Å². The van der Waals surface area contributed by atoms with Gasteiger partial charge >= 0.3 is 17.9 Å². The number of esters is 3. The minimum Gasteiger partial charge on any atom is -0.462 e. The van der Waals surface area contributed by atoms with Gasteiger partial charge in [0.15, 0.2) is 6.10 Å². The molecule has 0 unspecified atom stereocenters. The van der Waals surface area contributed by atoms with E-state index in [1.165, 1.54) is 148 Å². The average Bonchev–Trinajstić information content (AvgIpc) is 3.15. The van der Waals surface area contributed by atoms with Gasteiger partial charge in [-0.2, -0.15) is 0 Å². The Labute approximate surface area is 348 Å². The van der Waals surface area contributed by atoms with E-state index in [0.29, 0.717) is 19.3 Å². The molecule has 1 atom stereocenters. The smallest absolute Gasteiger partial charge is 0.306 e. The van der Waals surface area contributed by atoms with Crippen molar-refractivity contribution in [2.75, 3.05) is 13.2 Å². The maximum Gasteiger partial charge on any atom is 0.306 e. The lowest BCUT2D eigenvalue weighted by Gasteiger charge is -2.18. The van der Waals surface area contributed by atoms with Crippen LogP contribution in [-0.4, -0.2) is 37.2 Å². The molecule has 332 valence electrons. The van der Waals surface area contributed by atoms with E-state index < -0.39 is 6.10 Å². The summed E-state index contributed by atoms with van der Waals surface area (Å²) < 4.78 is 16.8. The zero-order valence-electron chi connectivity index (χ0n) is 38.4. The number of ether oxygens (including phenoxy) is 3. The third kappa shape index (κ3) is 43.5. The summed E-state index contributed by atoms with van der Waals surface area (Å²) in [6.07, 6.45) is 39.5. The molecule has 56 heavy (non-hydrogen) atoms. The van der Waals surface area contributed by atoms with Crippen molar-refractivity contribution < 1.29 is 28.6 Å². The quantitative estimate of drug-likeness (QED) is 0.0348. The fourth-order valence-electron chi connectivity index (χ4n) is 7.41. The normalized spacial score (nSPS) is 12.2. The van der Waals surface area contributed by atoms with E-state index >= 15 is 0 Å². The van der Waals surface area contributed by atoms with Gasteiger partial charge < -0.3 is 14.2 Å². The summed E-state index contributed by atoms with van der Waals surface area (Å²) in [5, 5.41) is 0. The number of carbonyl (C=O) groups excluding carboxylic acids is 3. The molecule has 0 aliphatic heterocycles. The van der Waals surface area contributed by atoms with Crippen LogP contribution in [-0.2, 0) is 28.6 Å². The fourth-order valence-corrected chi connectivity index (χ4v) is 7.41. The van der Waals surface area contributed by atoms with Crippen LogP contribution in [0.4, 0.5) is 0 Å². The van der Waals surface area contributed by atoms with Crippen molar-refractivity contribution in [2.24, 2.45) is 17.8 Å². The first-order chi connectivity index (χ1) is 27.1. The first-order valence-electron chi connectivity index (χ1n) is 24.6. The minimum atomic E-state index is -0.762. The molecule has 0 saturated carbocycles. The average molecular weight is 793 g/mol. The van der Waals surface area contributed by atoms with Gasteiger partial charge in [-0.3, -0.25) is 14.4 Å². The van der Waals surface area contributed by atoms with Crippen LogP contribution in [0.2, 0.25) is 0 Å². The molecule has 0 aliphatic rings. The van der Waals surface area contributed by atoms with Crippen molar-refractivity contribution in [1.29, 1.82) is 0 Å². The summed E-state index contributed by atoms with van der Waals surface area (Å²) in [6.45, 7) is 13.7. The Hall–Kier alpha value is -1.59. The van der Waals surface area contributed by atoms with Gasteiger partial charge in [0.25, 0.3) is 0 Å². The van der Waals surface area contributed by atoms with Gasteiger partial charge in [-0.1, -0.05) is 228 Å². The molecule has 0 N–H and O–H groups in total. The maximum atomic E-state index is 12.7. The highest BCUT2D eigenvalue weighted by molar-refractivity contribution is 5.71. The molecule has 0 aromatic heterocycles. The lowest BCUT2D eigenvalue weighted by Crippen LogP contribution is -2.30. The van der Waals surface area contributed by atoms with Crippen molar-refractivity contribution >= 4 is 17.9 Å². The Morgan fingerprint density at radius 3 is 0.768 bits per heavy atom. The standard InChI is InChI=1S/C50H96O6/c1-44(2)36-30-24-18-12-9-7-8-10-14-21-27-33-39-48(51)54-42-47(56-50(53)41-35-29-23-17-16-20-26-32-38-46(5)6)43-55-49(52)40-34-28-22-15-11-13-19-25-31-37-45(3)4/h44-47H,7-43H2,1-6H3/t47-/m0/s1. The van der Waals surface area contributed by atoms with Gasteiger partial charge in [-0.05, 0) is 37.0 Å². The van der Waals surface area contributed by atoms with Crippen LogP contribution in [0.15, 0.2) is 0 Å². The maximum absolute atomic E-state index is 12.7. The lowest BCUT2D eigenvalue weighted by molar-refractivity contribution is -0.167. The second-order valence-corrected chi connectivity index (χ2v) is 18.5. The van der Waals surface area contributed by atoms with Crippen LogP contribution in [0.1, 0.15) is 266 Å². The molecular weight excluding hydrogens is 697 g/mol. The largest absolute Gasteiger partial charge is 0.462 e. The van der Waals surface area contributed by atoms with Crippen molar-refractivity contribution in [1.82, 2.24) is 0 Å². The number of hydrogen-bond acceptors (Lipinski definition) is 6. The molecule has 6 nitrogen and oxygen atoms in total. The highest BCUT2D eigenvalue weighted by Crippen LogP contribution is 2.17. The Morgan fingerprint density at radius 1 is 0.304 bits per heavy atom. The number of unbranched alkanes of at least 4 members (excludes halogenated alkanes) is 26. The molecular formula is C50H96O6. The summed E-state index contributed by atoms with van der Waals surface area (Å²) in [4.78, 5) is 37.8. The molecule has 0 radical (unpaired) electrons. The lowest BCUT2D eigenvalue weighted by atomic mass is 10.0. The zero-order valence-corrected chi connectivity index (χ0v) is 38.4. The summed E-state index contributed by atoms with van der Waals surface area (Å²) in [6, 6.07) is 0. The van der Waals surface area contributed by atoms with E-state index in [1.807, 2.05) is 0 Å². The predicted molar refractivity (Wildman–Crippen MR) is 238 cm³/mol. The zero-order chi connectivity index (χ0) is 41.3. The summed E-state index contributed by atoms with van der Waals surface area (Å²) in [5.74, 6) is 1.58. The van der Waals surface area contributed by atoms with Crippen LogP contribution >= 0.6 is 0 Å². The Morgan fingerprint density at radius 2 is 0.518 bits per heavy atom. The third-order valence-corrected chi connectivity index (χ3v) is 11.1. The molecule has 0 aliphatic carbocycles. The molecule has 0 amide bonds. The first kappa shape index (κ1) is 54.4. The van der Waals surface area contributed by atoms with E-state index in [-0.39, 0.29) is 31.1 Å². The van der Waals surface area contributed by atoms with Gasteiger partial charge in [-0.25, -0.2) is 0 Å². The second kappa shape index (κ2) is 41.6. The highest BCUT2D eigenvalue weighted by atomic mass is 16.6. The Bertz CT molecular complexity index is 868. The van der Waals surface area contributed by atoms with E-state index in [2.05, 4.69) is 41.5 Å². The molecule has 0 rings (SSSR count). The SMILES string of the molecule is CC(C)CCCCCCCCCCCCCCC(=O)OC[C@@H](COC(=O)CCCCCCCCCCCC(C)C)OC(=O)CCCCCCCCCCC(C)C. The van der Waals surface area contributed by atoms with Gasteiger partial charge in [-0.15, -0.1) is 0 Å². The van der Waals surface area contributed by atoms with Crippen LogP contribution in [0.5, 0.6) is 0 Å². The molecule has 0 fully saturated rings. The molecule has 6 heteroatoms. The monoisotopic (exact) mass is 793 g/mol. The summed E-state index contributed by atoms with van der Waals surface area (Å²) in [7, 11) is 0. The molecule has 0 bridgehead atoms. The van der Waals surface area contributed by atoms with Gasteiger partial charge in [0.2, 0.25) is 0 Å². The molecule has 0 aromatic rings. The number of hydrogen-bond donors (Lipinski definition) is 0. The van der Waals surface area contributed by atoms with E-state index in [1.54, 1.807) is 0 Å². The van der Waals surface area contributed by atoms with E-state index in [4.69, 9.17) is 14.2 Å². The van der Waals surface area contributed by atoms with Crippen LogP contribution in [0, 0.1) is 17.8 Å². The fraction of sp³-hybridized carbons (Fsp3) is 0.940. The third-order valence-electron chi connectivity index (χ3n) is 11.1. The van der Waals surface area contributed by atoms with Crippen molar-refractivity contribution in [3.05, 3.63) is 0 Å². The van der Waals surface area contributed by atoms with Crippen molar-refractivity contribution in [3.8, 4) is 0 Å². The van der Waals surface area contributed by atoms with Crippen LogP contribution in [0.25, 0.3) is 0 Å². The Balaban J connectivity index is 4.31. The Kier molecular flexibility index (Phi) is 40.4. The first-order valence-corrected chi connectivity index (χ1v) is 24.6. The van der Waals surface area contributed by atoms with Crippen LogP contribution < -0.4 is 0 Å².